The minimum Gasteiger partial charge on any atom is -0.481 e. The number of hydrogen-bond donors (Lipinski definition) is 1. The van der Waals surface area contributed by atoms with Gasteiger partial charge in [0.25, 0.3) is 0 Å². The van der Waals surface area contributed by atoms with Crippen LogP contribution in [0.5, 0.6) is 0 Å². The summed E-state index contributed by atoms with van der Waals surface area (Å²) in [4.78, 5) is 15.4. The standard InChI is InChI=1S/C11H22N2O2/c1-3-4-12-5-7-13(8-6-12)9-10(2)11(14)15/h10H,3-9H2,1-2H3,(H,14,15). The van der Waals surface area contributed by atoms with Gasteiger partial charge in [-0.25, -0.2) is 0 Å². The van der Waals surface area contributed by atoms with Crippen molar-refractivity contribution in [3.63, 3.8) is 0 Å². The Morgan fingerprint density at radius 2 is 1.80 bits per heavy atom. The van der Waals surface area contributed by atoms with Crippen LogP contribution in [0.25, 0.3) is 0 Å². The molecule has 4 nitrogen and oxygen atoms in total. The van der Waals surface area contributed by atoms with Crippen molar-refractivity contribution >= 4 is 5.97 Å². The highest BCUT2D eigenvalue weighted by atomic mass is 16.4. The summed E-state index contributed by atoms with van der Waals surface area (Å²) < 4.78 is 0. The number of carboxylic acid groups (broad SMARTS) is 1. The van der Waals surface area contributed by atoms with Crippen LogP contribution in [0.2, 0.25) is 0 Å². The normalized spacial score (nSPS) is 21.5. The first-order valence-corrected chi connectivity index (χ1v) is 5.81. The lowest BCUT2D eigenvalue weighted by atomic mass is 10.1. The number of aliphatic carboxylic acids is 1. The number of nitrogens with zero attached hydrogens (tertiary/aromatic N) is 2. The van der Waals surface area contributed by atoms with Crippen molar-refractivity contribution in [3.05, 3.63) is 0 Å². The number of carbonyl (C=O) groups is 1. The fraction of sp³-hybridized carbons (Fsp3) is 0.909. The van der Waals surface area contributed by atoms with Crippen molar-refractivity contribution in [1.82, 2.24) is 9.80 Å². The molecule has 0 spiro atoms. The van der Waals surface area contributed by atoms with Crippen LogP contribution >= 0.6 is 0 Å². The van der Waals surface area contributed by atoms with Crippen molar-refractivity contribution in [1.29, 1.82) is 0 Å². The molecule has 1 unspecified atom stereocenters. The van der Waals surface area contributed by atoms with E-state index < -0.39 is 5.97 Å². The summed E-state index contributed by atoms with van der Waals surface area (Å²) in [6, 6.07) is 0. The largest absolute Gasteiger partial charge is 0.481 e. The van der Waals surface area contributed by atoms with Gasteiger partial charge in [0.05, 0.1) is 5.92 Å². The quantitative estimate of drug-likeness (QED) is 0.733. The lowest BCUT2D eigenvalue weighted by Gasteiger charge is -2.35. The van der Waals surface area contributed by atoms with Gasteiger partial charge in [-0.3, -0.25) is 9.69 Å². The van der Waals surface area contributed by atoms with Crippen LogP contribution in [0.3, 0.4) is 0 Å². The van der Waals surface area contributed by atoms with Crippen LogP contribution in [0, 0.1) is 5.92 Å². The predicted molar refractivity (Wildman–Crippen MR) is 60.0 cm³/mol. The van der Waals surface area contributed by atoms with Gasteiger partial charge in [0.2, 0.25) is 0 Å². The van der Waals surface area contributed by atoms with E-state index in [1.165, 1.54) is 13.0 Å². The maximum absolute atomic E-state index is 10.7. The van der Waals surface area contributed by atoms with E-state index in [2.05, 4.69) is 16.7 Å². The molecule has 0 amide bonds. The molecule has 1 saturated heterocycles. The van der Waals surface area contributed by atoms with Crippen LogP contribution in [-0.2, 0) is 4.79 Å². The molecule has 1 atom stereocenters. The molecule has 88 valence electrons. The summed E-state index contributed by atoms with van der Waals surface area (Å²) in [5, 5.41) is 8.81. The Kier molecular flexibility index (Phi) is 5.05. The monoisotopic (exact) mass is 214 g/mol. The van der Waals surface area contributed by atoms with Crippen LogP contribution < -0.4 is 0 Å². The molecule has 0 aromatic heterocycles. The van der Waals surface area contributed by atoms with Crippen molar-refractivity contribution in [2.45, 2.75) is 20.3 Å². The molecule has 0 aliphatic carbocycles. The first-order valence-electron chi connectivity index (χ1n) is 5.81. The lowest BCUT2D eigenvalue weighted by molar-refractivity contribution is -0.141. The summed E-state index contributed by atoms with van der Waals surface area (Å²) >= 11 is 0. The number of carboxylic acids is 1. The van der Waals surface area contributed by atoms with Crippen molar-refractivity contribution in [3.8, 4) is 0 Å². The Hall–Kier alpha value is -0.610. The molecule has 1 aliphatic heterocycles. The van der Waals surface area contributed by atoms with E-state index in [1.807, 2.05) is 0 Å². The zero-order valence-electron chi connectivity index (χ0n) is 9.78. The molecule has 0 aromatic carbocycles. The molecule has 0 radical (unpaired) electrons. The van der Waals surface area contributed by atoms with E-state index in [-0.39, 0.29) is 5.92 Å². The Morgan fingerprint density at radius 1 is 1.27 bits per heavy atom. The highest BCUT2D eigenvalue weighted by Crippen LogP contribution is 2.06. The molecule has 0 bridgehead atoms. The molecule has 1 N–H and O–H groups in total. The summed E-state index contributed by atoms with van der Waals surface area (Å²) in [5.74, 6) is -0.936. The summed E-state index contributed by atoms with van der Waals surface area (Å²) in [7, 11) is 0. The second-order valence-corrected chi connectivity index (χ2v) is 4.38. The van der Waals surface area contributed by atoms with Crippen LogP contribution in [0.1, 0.15) is 20.3 Å². The predicted octanol–water partition coefficient (Wildman–Crippen LogP) is 0.735. The second-order valence-electron chi connectivity index (χ2n) is 4.38. The fourth-order valence-corrected chi connectivity index (χ4v) is 1.98. The van der Waals surface area contributed by atoms with Gasteiger partial charge in [0.15, 0.2) is 0 Å². The van der Waals surface area contributed by atoms with E-state index in [0.717, 1.165) is 26.2 Å². The first-order chi connectivity index (χ1) is 7.13. The maximum atomic E-state index is 10.7. The average Bonchev–Trinajstić information content (AvgIpc) is 2.21. The van der Waals surface area contributed by atoms with Gasteiger partial charge in [-0.15, -0.1) is 0 Å². The van der Waals surface area contributed by atoms with Gasteiger partial charge in [-0.2, -0.15) is 0 Å². The van der Waals surface area contributed by atoms with Crippen LogP contribution in [-0.4, -0.2) is 60.1 Å². The summed E-state index contributed by atoms with van der Waals surface area (Å²) in [5.41, 5.74) is 0. The lowest BCUT2D eigenvalue weighted by Crippen LogP contribution is -2.48. The third-order valence-electron chi connectivity index (χ3n) is 2.96. The molecular weight excluding hydrogens is 192 g/mol. The van der Waals surface area contributed by atoms with Crippen molar-refractivity contribution in [2.75, 3.05) is 39.3 Å². The average molecular weight is 214 g/mol. The van der Waals surface area contributed by atoms with Gasteiger partial charge in [0, 0.05) is 32.7 Å². The Morgan fingerprint density at radius 3 is 2.27 bits per heavy atom. The molecule has 1 aliphatic rings. The highest BCUT2D eigenvalue weighted by Gasteiger charge is 2.20. The topological polar surface area (TPSA) is 43.8 Å². The summed E-state index contributed by atoms with van der Waals surface area (Å²) in [6.07, 6.45) is 1.20. The van der Waals surface area contributed by atoms with Gasteiger partial charge in [-0.1, -0.05) is 13.8 Å². The SMILES string of the molecule is CCCN1CCN(CC(C)C(=O)O)CC1. The molecule has 1 fully saturated rings. The Balaban J connectivity index is 2.22. The third-order valence-corrected chi connectivity index (χ3v) is 2.96. The van der Waals surface area contributed by atoms with Crippen LogP contribution in [0.15, 0.2) is 0 Å². The van der Waals surface area contributed by atoms with Gasteiger partial charge in [-0.05, 0) is 13.0 Å². The zero-order chi connectivity index (χ0) is 11.3. The molecular formula is C11H22N2O2. The van der Waals surface area contributed by atoms with Gasteiger partial charge < -0.3 is 10.0 Å². The third kappa shape index (κ3) is 4.18. The molecule has 4 heteroatoms. The smallest absolute Gasteiger partial charge is 0.307 e. The van der Waals surface area contributed by atoms with Crippen molar-refractivity contribution in [2.24, 2.45) is 5.92 Å². The van der Waals surface area contributed by atoms with Gasteiger partial charge >= 0.3 is 5.97 Å². The van der Waals surface area contributed by atoms with Crippen LogP contribution in [0.4, 0.5) is 0 Å². The molecule has 1 heterocycles. The fourth-order valence-electron chi connectivity index (χ4n) is 1.98. The molecule has 0 aromatic rings. The van der Waals surface area contributed by atoms with E-state index in [4.69, 9.17) is 5.11 Å². The Labute approximate surface area is 91.9 Å². The second kappa shape index (κ2) is 6.08. The number of hydrogen-bond acceptors (Lipinski definition) is 3. The molecule has 0 saturated carbocycles. The minimum absolute atomic E-state index is 0.247. The van der Waals surface area contributed by atoms with E-state index in [0.29, 0.717) is 6.54 Å². The van der Waals surface area contributed by atoms with Crippen molar-refractivity contribution < 1.29 is 9.90 Å². The Bertz CT molecular complexity index is 201. The van der Waals surface area contributed by atoms with E-state index in [9.17, 15) is 4.79 Å². The minimum atomic E-state index is -0.689. The maximum Gasteiger partial charge on any atom is 0.307 e. The van der Waals surface area contributed by atoms with E-state index in [1.54, 1.807) is 6.92 Å². The summed E-state index contributed by atoms with van der Waals surface area (Å²) in [6.45, 7) is 10.0. The highest BCUT2D eigenvalue weighted by molar-refractivity contribution is 5.69. The van der Waals surface area contributed by atoms with E-state index >= 15 is 0 Å². The zero-order valence-corrected chi connectivity index (χ0v) is 9.78. The number of piperazine rings is 1. The molecule has 15 heavy (non-hydrogen) atoms. The number of rotatable bonds is 5. The van der Waals surface area contributed by atoms with Gasteiger partial charge in [0.1, 0.15) is 0 Å². The first kappa shape index (κ1) is 12.5. The molecule has 1 rings (SSSR count).